The molecule has 1 saturated heterocycles. The highest BCUT2D eigenvalue weighted by atomic mass is 16.7. The SMILES string of the molecule is O=C(/C=C/c1ccc2c(c1)OCO2)N1CCN(c2ccc(Nc3cccnc3)nn2)CC1. The van der Waals surface area contributed by atoms with Crippen molar-refractivity contribution in [1.82, 2.24) is 20.1 Å². The first-order chi connectivity index (χ1) is 15.7. The molecule has 4 heterocycles. The van der Waals surface area contributed by atoms with E-state index in [-0.39, 0.29) is 12.7 Å². The molecular formula is C23H22N6O3. The van der Waals surface area contributed by atoms with Gasteiger partial charge in [0.2, 0.25) is 12.7 Å². The van der Waals surface area contributed by atoms with Gasteiger partial charge in [-0.25, -0.2) is 0 Å². The van der Waals surface area contributed by atoms with Crippen molar-refractivity contribution >= 4 is 29.3 Å². The third kappa shape index (κ3) is 4.46. The molecule has 9 nitrogen and oxygen atoms in total. The molecule has 1 amide bonds. The minimum Gasteiger partial charge on any atom is -0.454 e. The monoisotopic (exact) mass is 430 g/mol. The first-order valence-electron chi connectivity index (χ1n) is 10.4. The summed E-state index contributed by atoms with van der Waals surface area (Å²) < 4.78 is 10.7. The molecule has 0 spiro atoms. The van der Waals surface area contributed by atoms with Gasteiger partial charge in [0.1, 0.15) is 0 Å². The minimum atomic E-state index is -0.00980. The largest absolute Gasteiger partial charge is 0.454 e. The van der Waals surface area contributed by atoms with Crippen molar-refractivity contribution in [2.45, 2.75) is 0 Å². The minimum absolute atomic E-state index is 0.00980. The summed E-state index contributed by atoms with van der Waals surface area (Å²) in [5.74, 6) is 2.88. The number of ether oxygens (including phenoxy) is 2. The number of aromatic nitrogens is 3. The highest BCUT2D eigenvalue weighted by Crippen LogP contribution is 2.32. The smallest absolute Gasteiger partial charge is 0.246 e. The molecule has 2 aliphatic rings. The molecule has 1 aromatic carbocycles. The second-order valence-corrected chi connectivity index (χ2v) is 7.40. The average Bonchev–Trinajstić information content (AvgIpc) is 3.32. The zero-order valence-corrected chi connectivity index (χ0v) is 17.3. The highest BCUT2D eigenvalue weighted by molar-refractivity contribution is 5.92. The van der Waals surface area contributed by atoms with Crippen molar-refractivity contribution in [3.8, 4) is 11.5 Å². The van der Waals surface area contributed by atoms with Gasteiger partial charge in [-0.1, -0.05) is 6.07 Å². The lowest BCUT2D eigenvalue weighted by atomic mass is 10.2. The Balaban J connectivity index is 1.14. The molecule has 32 heavy (non-hydrogen) atoms. The van der Waals surface area contributed by atoms with Crippen LogP contribution >= 0.6 is 0 Å². The molecule has 1 N–H and O–H groups in total. The number of amides is 1. The molecule has 2 aliphatic heterocycles. The van der Waals surface area contributed by atoms with Crippen molar-refractivity contribution in [3.05, 3.63) is 66.5 Å². The number of carbonyl (C=O) groups is 1. The fourth-order valence-corrected chi connectivity index (χ4v) is 3.59. The second-order valence-electron chi connectivity index (χ2n) is 7.40. The van der Waals surface area contributed by atoms with E-state index in [1.807, 2.05) is 47.4 Å². The number of pyridine rings is 1. The molecule has 3 aromatic rings. The lowest BCUT2D eigenvalue weighted by Crippen LogP contribution is -2.48. The Morgan fingerprint density at radius 1 is 1.00 bits per heavy atom. The molecule has 0 atom stereocenters. The zero-order valence-electron chi connectivity index (χ0n) is 17.3. The first kappa shape index (κ1) is 19.8. The highest BCUT2D eigenvalue weighted by Gasteiger charge is 2.21. The Hall–Kier alpha value is -4.14. The quantitative estimate of drug-likeness (QED) is 0.618. The van der Waals surface area contributed by atoms with E-state index in [4.69, 9.17) is 9.47 Å². The maximum Gasteiger partial charge on any atom is 0.246 e. The number of hydrogen-bond acceptors (Lipinski definition) is 8. The van der Waals surface area contributed by atoms with Gasteiger partial charge in [0, 0.05) is 38.5 Å². The summed E-state index contributed by atoms with van der Waals surface area (Å²) in [7, 11) is 0. The molecule has 0 unspecified atom stereocenters. The summed E-state index contributed by atoms with van der Waals surface area (Å²) in [6, 6.07) is 13.2. The first-order valence-corrected chi connectivity index (χ1v) is 10.4. The summed E-state index contributed by atoms with van der Waals surface area (Å²) in [4.78, 5) is 20.6. The summed E-state index contributed by atoms with van der Waals surface area (Å²) in [5.41, 5.74) is 1.76. The van der Waals surface area contributed by atoms with Crippen LogP contribution in [0, 0.1) is 0 Å². The van der Waals surface area contributed by atoms with Crippen LogP contribution in [0.1, 0.15) is 5.56 Å². The third-order valence-electron chi connectivity index (χ3n) is 5.31. The lowest BCUT2D eigenvalue weighted by molar-refractivity contribution is -0.126. The predicted molar refractivity (Wildman–Crippen MR) is 120 cm³/mol. The van der Waals surface area contributed by atoms with E-state index >= 15 is 0 Å². The summed E-state index contributed by atoms with van der Waals surface area (Å²) >= 11 is 0. The van der Waals surface area contributed by atoms with Crippen molar-refractivity contribution in [3.63, 3.8) is 0 Å². The van der Waals surface area contributed by atoms with Crippen LogP contribution in [0.5, 0.6) is 11.5 Å². The molecule has 0 saturated carbocycles. The van der Waals surface area contributed by atoms with Crippen LogP contribution in [0.2, 0.25) is 0 Å². The Bertz CT molecular complexity index is 1110. The van der Waals surface area contributed by atoms with Gasteiger partial charge in [-0.2, -0.15) is 0 Å². The van der Waals surface area contributed by atoms with Gasteiger partial charge < -0.3 is 24.6 Å². The molecule has 2 aromatic heterocycles. The van der Waals surface area contributed by atoms with E-state index in [0.717, 1.165) is 22.8 Å². The number of nitrogens with one attached hydrogen (secondary N) is 1. The standard InChI is InChI=1S/C23H22N6O3/c30-23(8-4-17-3-5-19-20(14-17)32-16-31-19)29-12-10-28(11-13-29)22-7-6-21(26-27-22)25-18-2-1-9-24-15-18/h1-9,14-15H,10-13,16H2,(H,25,26)/b8-4+. The maximum absolute atomic E-state index is 12.6. The van der Waals surface area contributed by atoms with Gasteiger partial charge in [0.15, 0.2) is 23.1 Å². The third-order valence-corrected chi connectivity index (χ3v) is 5.31. The number of nitrogens with zero attached hydrogens (tertiary/aromatic N) is 5. The fraction of sp³-hybridized carbons (Fsp3) is 0.217. The molecule has 0 aliphatic carbocycles. The van der Waals surface area contributed by atoms with Crippen molar-refractivity contribution in [2.24, 2.45) is 0 Å². The number of anilines is 3. The molecule has 1 fully saturated rings. The molecule has 5 rings (SSSR count). The number of piperazine rings is 1. The van der Waals surface area contributed by atoms with Crippen molar-refractivity contribution in [1.29, 1.82) is 0 Å². The van der Waals surface area contributed by atoms with E-state index in [1.54, 1.807) is 24.5 Å². The van der Waals surface area contributed by atoms with E-state index < -0.39 is 0 Å². The van der Waals surface area contributed by atoms with Gasteiger partial charge in [-0.3, -0.25) is 9.78 Å². The van der Waals surface area contributed by atoms with Crippen LogP contribution in [-0.2, 0) is 4.79 Å². The number of benzene rings is 1. The number of carbonyl (C=O) groups excluding carboxylic acids is 1. The average molecular weight is 430 g/mol. The van der Waals surface area contributed by atoms with Gasteiger partial charge in [-0.05, 0) is 48.0 Å². The van der Waals surface area contributed by atoms with Crippen LogP contribution in [-0.4, -0.2) is 59.0 Å². The van der Waals surface area contributed by atoms with E-state index in [1.165, 1.54) is 0 Å². The zero-order chi connectivity index (χ0) is 21.8. The lowest BCUT2D eigenvalue weighted by Gasteiger charge is -2.34. The fourth-order valence-electron chi connectivity index (χ4n) is 3.59. The summed E-state index contributed by atoms with van der Waals surface area (Å²) in [5, 5.41) is 11.7. The number of fused-ring (bicyclic) bond motifs is 1. The summed E-state index contributed by atoms with van der Waals surface area (Å²) in [6.45, 7) is 2.89. The van der Waals surface area contributed by atoms with E-state index in [9.17, 15) is 4.79 Å². The Morgan fingerprint density at radius 3 is 2.66 bits per heavy atom. The van der Waals surface area contributed by atoms with Gasteiger partial charge in [0.05, 0.1) is 11.9 Å². The van der Waals surface area contributed by atoms with Crippen LogP contribution in [0.15, 0.2) is 60.9 Å². The molecule has 0 radical (unpaired) electrons. The van der Waals surface area contributed by atoms with Gasteiger partial charge in [0.25, 0.3) is 0 Å². The Kier molecular flexibility index (Phi) is 5.52. The second kappa shape index (κ2) is 8.93. The van der Waals surface area contributed by atoms with Crippen LogP contribution < -0.4 is 19.7 Å². The predicted octanol–water partition coefficient (Wildman–Crippen LogP) is 2.71. The maximum atomic E-state index is 12.6. The van der Waals surface area contributed by atoms with Gasteiger partial charge in [-0.15, -0.1) is 10.2 Å². The van der Waals surface area contributed by atoms with Crippen LogP contribution in [0.4, 0.5) is 17.3 Å². The van der Waals surface area contributed by atoms with E-state index in [0.29, 0.717) is 37.7 Å². The van der Waals surface area contributed by atoms with Gasteiger partial charge >= 0.3 is 0 Å². The number of hydrogen-bond donors (Lipinski definition) is 1. The Morgan fingerprint density at radius 2 is 1.88 bits per heavy atom. The normalized spacial score (nSPS) is 15.2. The van der Waals surface area contributed by atoms with E-state index in [2.05, 4.69) is 25.4 Å². The summed E-state index contributed by atoms with van der Waals surface area (Å²) in [6.07, 6.45) is 6.85. The number of rotatable bonds is 5. The molecule has 9 heteroatoms. The Labute approximate surface area is 185 Å². The molecule has 162 valence electrons. The van der Waals surface area contributed by atoms with Crippen molar-refractivity contribution in [2.75, 3.05) is 43.2 Å². The molecule has 0 bridgehead atoms. The van der Waals surface area contributed by atoms with Crippen LogP contribution in [0.25, 0.3) is 6.08 Å². The topological polar surface area (TPSA) is 92.7 Å². The van der Waals surface area contributed by atoms with Crippen LogP contribution in [0.3, 0.4) is 0 Å². The van der Waals surface area contributed by atoms with Crippen molar-refractivity contribution < 1.29 is 14.3 Å². The molecular weight excluding hydrogens is 408 g/mol.